The van der Waals surface area contributed by atoms with Crippen molar-refractivity contribution in [1.29, 1.82) is 0 Å². The third-order valence-electron chi connectivity index (χ3n) is 3.56. The summed E-state index contributed by atoms with van der Waals surface area (Å²) in [6, 6.07) is -0.470. The van der Waals surface area contributed by atoms with Gasteiger partial charge in [0.15, 0.2) is 0 Å². The van der Waals surface area contributed by atoms with Gasteiger partial charge in [0, 0.05) is 20.1 Å². The van der Waals surface area contributed by atoms with Gasteiger partial charge in [-0.25, -0.2) is 0 Å². The summed E-state index contributed by atoms with van der Waals surface area (Å²) in [4.78, 5) is 25.5. The summed E-state index contributed by atoms with van der Waals surface area (Å²) in [6.45, 7) is 6.82. The Hall–Kier alpha value is -1.10. The highest BCUT2D eigenvalue weighted by Gasteiger charge is 2.42. The molecule has 3 N–H and O–H groups in total. The van der Waals surface area contributed by atoms with E-state index in [1.54, 1.807) is 11.9 Å². The molecule has 5 heteroatoms. The molecule has 1 rings (SSSR count). The number of amides is 2. The number of rotatable bonds is 3. The molecule has 0 aliphatic carbocycles. The van der Waals surface area contributed by atoms with Crippen molar-refractivity contribution in [3.63, 3.8) is 0 Å². The molecule has 5 nitrogen and oxygen atoms in total. The molecule has 0 bridgehead atoms. The highest BCUT2D eigenvalue weighted by Crippen LogP contribution is 2.30. The van der Waals surface area contributed by atoms with Gasteiger partial charge in [0.25, 0.3) is 0 Å². The van der Waals surface area contributed by atoms with Crippen LogP contribution in [0.1, 0.15) is 27.2 Å². The molecule has 2 atom stereocenters. The average molecular weight is 241 g/mol. The predicted octanol–water partition coefficient (Wildman–Crippen LogP) is -0.0457. The Kier molecular flexibility index (Phi) is 4.14. The van der Waals surface area contributed by atoms with Gasteiger partial charge in [-0.05, 0) is 19.3 Å². The number of nitrogens with two attached hydrogens (primary N) is 1. The fourth-order valence-electron chi connectivity index (χ4n) is 2.13. The normalized spacial score (nSPS) is 26.1. The third-order valence-corrected chi connectivity index (χ3v) is 3.56. The topological polar surface area (TPSA) is 75.4 Å². The van der Waals surface area contributed by atoms with Crippen LogP contribution < -0.4 is 11.1 Å². The van der Waals surface area contributed by atoms with E-state index < -0.39 is 11.5 Å². The number of likely N-dealkylation sites (tertiary alicyclic amines) is 1. The first-order valence-electron chi connectivity index (χ1n) is 6.08. The van der Waals surface area contributed by atoms with Gasteiger partial charge in [-0.1, -0.05) is 13.8 Å². The first-order valence-corrected chi connectivity index (χ1v) is 6.08. The third kappa shape index (κ3) is 2.77. The minimum absolute atomic E-state index is 0.00841. The lowest BCUT2D eigenvalue weighted by atomic mass is 9.89. The van der Waals surface area contributed by atoms with Gasteiger partial charge in [0.05, 0.1) is 11.5 Å². The molecule has 1 saturated heterocycles. The quantitative estimate of drug-likeness (QED) is 0.727. The van der Waals surface area contributed by atoms with Gasteiger partial charge in [-0.3, -0.25) is 9.59 Å². The smallest absolute Gasteiger partial charge is 0.239 e. The van der Waals surface area contributed by atoms with Gasteiger partial charge in [0.1, 0.15) is 0 Å². The van der Waals surface area contributed by atoms with E-state index in [0.717, 1.165) is 0 Å². The number of nitrogens with zero attached hydrogens (tertiary/aromatic N) is 1. The van der Waals surface area contributed by atoms with E-state index in [2.05, 4.69) is 5.32 Å². The van der Waals surface area contributed by atoms with Gasteiger partial charge in [0.2, 0.25) is 11.8 Å². The number of carbonyl (C=O) groups is 2. The maximum Gasteiger partial charge on any atom is 0.239 e. The number of hydrogen-bond acceptors (Lipinski definition) is 3. The minimum Gasteiger partial charge on any atom is -0.359 e. The molecule has 0 aromatic heterocycles. The van der Waals surface area contributed by atoms with Gasteiger partial charge < -0.3 is 16.0 Å². The Morgan fingerprint density at radius 1 is 1.41 bits per heavy atom. The van der Waals surface area contributed by atoms with Crippen LogP contribution >= 0.6 is 0 Å². The Bertz CT molecular complexity index is 317. The standard InChI is InChI=1S/C12H23N3O2/c1-8(2)9(13)10(16)15-6-5-12(3,7-15)11(17)14-4/h8-9H,5-7,13H2,1-4H3,(H,14,17)/t9-,12?/m1/s1. The molecular formula is C12H23N3O2. The zero-order chi connectivity index (χ0) is 13.2. The van der Waals surface area contributed by atoms with E-state index in [0.29, 0.717) is 19.5 Å². The Morgan fingerprint density at radius 2 is 2.00 bits per heavy atom. The van der Waals surface area contributed by atoms with E-state index in [9.17, 15) is 9.59 Å². The fourth-order valence-corrected chi connectivity index (χ4v) is 2.13. The molecule has 1 aliphatic heterocycles. The number of hydrogen-bond donors (Lipinski definition) is 2. The largest absolute Gasteiger partial charge is 0.359 e. The summed E-state index contributed by atoms with van der Waals surface area (Å²) >= 11 is 0. The lowest BCUT2D eigenvalue weighted by Crippen LogP contribution is -2.47. The molecule has 0 aromatic carbocycles. The first kappa shape index (κ1) is 14.0. The zero-order valence-corrected chi connectivity index (χ0v) is 11.1. The Balaban J connectivity index is 2.68. The second-order valence-electron chi connectivity index (χ2n) is 5.42. The van der Waals surface area contributed by atoms with Crippen molar-refractivity contribution in [3.05, 3.63) is 0 Å². The van der Waals surface area contributed by atoms with Crippen LogP contribution in [-0.4, -0.2) is 42.9 Å². The average Bonchev–Trinajstić information content (AvgIpc) is 2.70. The van der Waals surface area contributed by atoms with Gasteiger partial charge in [-0.2, -0.15) is 0 Å². The minimum atomic E-state index is -0.471. The van der Waals surface area contributed by atoms with Crippen molar-refractivity contribution in [1.82, 2.24) is 10.2 Å². The maximum atomic E-state index is 12.1. The molecule has 1 aliphatic rings. The van der Waals surface area contributed by atoms with Crippen molar-refractivity contribution in [2.24, 2.45) is 17.1 Å². The van der Waals surface area contributed by atoms with Crippen LogP contribution in [0.15, 0.2) is 0 Å². The van der Waals surface area contributed by atoms with Crippen LogP contribution in [0, 0.1) is 11.3 Å². The van der Waals surface area contributed by atoms with Crippen molar-refractivity contribution in [2.45, 2.75) is 33.2 Å². The van der Waals surface area contributed by atoms with Crippen molar-refractivity contribution >= 4 is 11.8 Å². The maximum absolute atomic E-state index is 12.1. The van der Waals surface area contributed by atoms with E-state index in [1.165, 1.54) is 0 Å². The highest BCUT2D eigenvalue weighted by molar-refractivity contribution is 5.86. The van der Waals surface area contributed by atoms with Crippen molar-refractivity contribution in [3.8, 4) is 0 Å². The molecular weight excluding hydrogens is 218 g/mol. The zero-order valence-electron chi connectivity index (χ0n) is 11.1. The highest BCUT2D eigenvalue weighted by atomic mass is 16.2. The van der Waals surface area contributed by atoms with E-state index in [1.807, 2.05) is 20.8 Å². The summed E-state index contributed by atoms with van der Waals surface area (Å²) in [5.74, 6) is 0.0629. The van der Waals surface area contributed by atoms with Crippen LogP contribution in [0.3, 0.4) is 0 Å². The summed E-state index contributed by atoms with van der Waals surface area (Å²) in [5, 5.41) is 2.65. The molecule has 0 spiro atoms. The number of nitrogens with one attached hydrogen (secondary N) is 1. The monoisotopic (exact) mass is 241 g/mol. The van der Waals surface area contributed by atoms with E-state index >= 15 is 0 Å². The van der Waals surface area contributed by atoms with Crippen LogP contribution in [0.5, 0.6) is 0 Å². The van der Waals surface area contributed by atoms with Gasteiger partial charge >= 0.3 is 0 Å². The molecule has 2 amide bonds. The lowest BCUT2D eigenvalue weighted by Gasteiger charge is -2.25. The van der Waals surface area contributed by atoms with Crippen molar-refractivity contribution < 1.29 is 9.59 Å². The summed E-state index contributed by atoms with van der Waals surface area (Å²) in [5.41, 5.74) is 5.37. The molecule has 0 aromatic rings. The molecule has 98 valence electrons. The van der Waals surface area contributed by atoms with Crippen LogP contribution in [0.2, 0.25) is 0 Å². The Labute approximate surface area is 103 Å². The summed E-state index contributed by atoms with van der Waals surface area (Å²) < 4.78 is 0. The second kappa shape index (κ2) is 5.04. The fraction of sp³-hybridized carbons (Fsp3) is 0.833. The molecule has 1 heterocycles. The summed E-state index contributed by atoms with van der Waals surface area (Å²) in [6.07, 6.45) is 0.698. The van der Waals surface area contributed by atoms with Crippen molar-refractivity contribution in [2.75, 3.05) is 20.1 Å². The molecule has 1 unspecified atom stereocenters. The molecule has 17 heavy (non-hydrogen) atoms. The molecule has 0 radical (unpaired) electrons. The Morgan fingerprint density at radius 3 is 2.47 bits per heavy atom. The first-order chi connectivity index (χ1) is 7.81. The van der Waals surface area contributed by atoms with E-state index in [-0.39, 0.29) is 17.7 Å². The SMILES string of the molecule is CNC(=O)C1(C)CCN(C(=O)[C@H](N)C(C)C)C1. The van der Waals surface area contributed by atoms with Crippen LogP contribution in [0.4, 0.5) is 0 Å². The second-order valence-corrected chi connectivity index (χ2v) is 5.42. The molecule has 1 fully saturated rings. The lowest BCUT2D eigenvalue weighted by molar-refractivity contribution is -0.134. The number of carbonyl (C=O) groups excluding carboxylic acids is 2. The van der Waals surface area contributed by atoms with E-state index in [4.69, 9.17) is 5.73 Å². The van der Waals surface area contributed by atoms with Crippen LogP contribution in [-0.2, 0) is 9.59 Å². The van der Waals surface area contributed by atoms with Crippen LogP contribution in [0.25, 0.3) is 0 Å². The predicted molar refractivity (Wildman–Crippen MR) is 66.2 cm³/mol. The summed E-state index contributed by atoms with van der Waals surface area (Å²) in [7, 11) is 1.62. The molecule has 0 saturated carbocycles. The van der Waals surface area contributed by atoms with Gasteiger partial charge in [-0.15, -0.1) is 0 Å².